The highest BCUT2D eigenvalue weighted by Gasteiger charge is 2.13. The fourth-order valence-corrected chi connectivity index (χ4v) is 3.81. The van der Waals surface area contributed by atoms with Crippen LogP contribution in [0.2, 0.25) is 5.02 Å². The third-order valence-electron chi connectivity index (χ3n) is 3.28. The number of thiophene rings is 1. The molecule has 8 heteroatoms. The summed E-state index contributed by atoms with van der Waals surface area (Å²) < 4.78 is 1.81. The monoisotopic (exact) mass is 378 g/mol. The van der Waals surface area contributed by atoms with Crippen molar-refractivity contribution >= 4 is 40.6 Å². The molecule has 0 saturated carbocycles. The van der Waals surface area contributed by atoms with Crippen molar-refractivity contribution in [2.75, 3.05) is 5.75 Å². The van der Waals surface area contributed by atoms with Crippen LogP contribution in [0.25, 0.3) is 5.69 Å². The summed E-state index contributed by atoms with van der Waals surface area (Å²) in [6.07, 6.45) is 1.61. The van der Waals surface area contributed by atoms with Crippen LogP contribution in [0, 0.1) is 0 Å². The molecule has 0 bridgehead atoms. The maximum absolute atomic E-state index is 12.1. The Morgan fingerprint density at radius 3 is 3.04 bits per heavy atom. The lowest BCUT2D eigenvalue weighted by Crippen LogP contribution is -2.27. The molecule has 124 valence electrons. The topological polar surface area (TPSA) is 59.8 Å². The van der Waals surface area contributed by atoms with Gasteiger partial charge in [-0.05, 0) is 36.6 Å². The van der Waals surface area contributed by atoms with Gasteiger partial charge in [-0.1, -0.05) is 35.5 Å². The summed E-state index contributed by atoms with van der Waals surface area (Å²) in [5, 5.41) is 14.3. The number of halogens is 1. The van der Waals surface area contributed by atoms with Gasteiger partial charge in [0.2, 0.25) is 5.91 Å². The highest BCUT2D eigenvalue weighted by molar-refractivity contribution is 7.99. The maximum atomic E-state index is 12.1. The number of hydrogen-bond donors (Lipinski definition) is 1. The number of rotatable bonds is 6. The van der Waals surface area contributed by atoms with Gasteiger partial charge in [-0.2, -0.15) is 0 Å². The molecule has 1 atom stereocenters. The van der Waals surface area contributed by atoms with E-state index in [9.17, 15) is 4.79 Å². The van der Waals surface area contributed by atoms with Crippen molar-refractivity contribution in [1.82, 2.24) is 20.1 Å². The van der Waals surface area contributed by atoms with E-state index in [2.05, 4.69) is 15.5 Å². The summed E-state index contributed by atoms with van der Waals surface area (Å²) in [5.74, 6) is 0.233. The normalized spacial score (nSPS) is 12.1. The highest BCUT2D eigenvalue weighted by Crippen LogP contribution is 2.22. The van der Waals surface area contributed by atoms with E-state index in [0.717, 1.165) is 10.6 Å². The van der Waals surface area contributed by atoms with Crippen LogP contribution >= 0.6 is 34.7 Å². The number of hydrogen-bond acceptors (Lipinski definition) is 5. The molecule has 3 rings (SSSR count). The fourth-order valence-electron chi connectivity index (χ4n) is 2.15. The highest BCUT2D eigenvalue weighted by atomic mass is 35.5. The third-order valence-corrected chi connectivity index (χ3v) is 5.52. The molecule has 24 heavy (non-hydrogen) atoms. The Bertz CT molecular complexity index is 819. The minimum Gasteiger partial charge on any atom is -0.348 e. The van der Waals surface area contributed by atoms with E-state index in [1.54, 1.807) is 17.7 Å². The molecule has 1 aromatic carbocycles. The van der Waals surface area contributed by atoms with Crippen LogP contribution in [-0.4, -0.2) is 26.4 Å². The predicted molar refractivity (Wildman–Crippen MR) is 98.0 cm³/mol. The Kier molecular flexibility index (Phi) is 5.55. The zero-order chi connectivity index (χ0) is 16.9. The number of aromatic nitrogens is 3. The summed E-state index contributed by atoms with van der Waals surface area (Å²) >= 11 is 8.99. The van der Waals surface area contributed by atoms with E-state index < -0.39 is 0 Å². The van der Waals surface area contributed by atoms with Crippen molar-refractivity contribution in [3.8, 4) is 5.69 Å². The second-order valence-corrected chi connectivity index (χ2v) is 7.41. The first-order chi connectivity index (χ1) is 11.6. The van der Waals surface area contributed by atoms with Crippen molar-refractivity contribution in [3.05, 3.63) is 58.0 Å². The molecule has 0 saturated heterocycles. The molecule has 0 aliphatic heterocycles. The number of carbonyl (C=O) groups excluding carboxylic acids is 1. The predicted octanol–water partition coefficient (Wildman–Crippen LogP) is 3.95. The molecule has 1 N–H and O–H groups in total. The Hall–Kier alpha value is -1.83. The van der Waals surface area contributed by atoms with Crippen LogP contribution in [0.4, 0.5) is 0 Å². The Balaban J connectivity index is 1.61. The van der Waals surface area contributed by atoms with Gasteiger partial charge in [-0.25, -0.2) is 0 Å². The minimum absolute atomic E-state index is 0.00361. The second kappa shape index (κ2) is 7.83. The summed E-state index contributed by atoms with van der Waals surface area (Å²) in [7, 11) is 0. The van der Waals surface area contributed by atoms with Crippen molar-refractivity contribution in [1.29, 1.82) is 0 Å². The van der Waals surface area contributed by atoms with Gasteiger partial charge in [0.1, 0.15) is 6.33 Å². The summed E-state index contributed by atoms with van der Waals surface area (Å²) in [5.41, 5.74) is 0.863. The van der Waals surface area contributed by atoms with Gasteiger partial charge >= 0.3 is 0 Å². The van der Waals surface area contributed by atoms with Gasteiger partial charge in [0, 0.05) is 9.90 Å². The van der Waals surface area contributed by atoms with Crippen molar-refractivity contribution in [2.24, 2.45) is 0 Å². The number of benzene rings is 1. The Morgan fingerprint density at radius 1 is 1.42 bits per heavy atom. The summed E-state index contributed by atoms with van der Waals surface area (Å²) in [6, 6.07) is 11.4. The van der Waals surface area contributed by atoms with Gasteiger partial charge in [-0.3, -0.25) is 9.36 Å². The van der Waals surface area contributed by atoms with Crippen molar-refractivity contribution < 1.29 is 4.79 Å². The van der Waals surface area contributed by atoms with Crippen LogP contribution in [-0.2, 0) is 4.79 Å². The van der Waals surface area contributed by atoms with Crippen molar-refractivity contribution in [2.45, 2.75) is 18.1 Å². The molecule has 1 unspecified atom stereocenters. The van der Waals surface area contributed by atoms with Crippen LogP contribution in [0.5, 0.6) is 0 Å². The molecule has 2 heterocycles. The number of nitrogens with one attached hydrogen (secondary N) is 1. The zero-order valence-corrected chi connectivity index (χ0v) is 15.2. The molecular weight excluding hydrogens is 364 g/mol. The van der Waals surface area contributed by atoms with Crippen LogP contribution < -0.4 is 5.32 Å². The lowest BCUT2D eigenvalue weighted by Gasteiger charge is -2.12. The largest absolute Gasteiger partial charge is 0.348 e. The first-order valence-electron chi connectivity index (χ1n) is 7.25. The van der Waals surface area contributed by atoms with Gasteiger partial charge in [0.15, 0.2) is 5.16 Å². The van der Waals surface area contributed by atoms with E-state index in [-0.39, 0.29) is 17.7 Å². The SMILES string of the molecule is CC(NC(=O)CSc1nncn1-c1cccc(Cl)c1)c1cccs1. The summed E-state index contributed by atoms with van der Waals surface area (Å²) in [6.45, 7) is 1.98. The molecule has 0 spiro atoms. The lowest BCUT2D eigenvalue weighted by atomic mass is 10.3. The molecule has 3 aromatic rings. The quantitative estimate of drug-likeness (QED) is 0.660. The standard InChI is InChI=1S/C16H15ClN4OS2/c1-11(14-6-3-7-23-14)19-15(22)9-24-16-20-18-10-21(16)13-5-2-4-12(17)8-13/h2-8,10-11H,9H2,1H3,(H,19,22). The van der Waals surface area contributed by atoms with E-state index in [1.807, 2.05) is 53.3 Å². The van der Waals surface area contributed by atoms with Crippen molar-refractivity contribution in [3.63, 3.8) is 0 Å². The number of amides is 1. The molecule has 0 aliphatic carbocycles. The first kappa shape index (κ1) is 17.0. The average Bonchev–Trinajstić information content (AvgIpc) is 3.24. The molecule has 0 radical (unpaired) electrons. The third kappa shape index (κ3) is 4.17. The van der Waals surface area contributed by atoms with Gasteiger partial charge < -0.3 is 5.32 Å². The van der Waals surface area contributed by atoms with E-state index >= 15 is 0 Å². The molecular formula is C16H15ClN4OS2. The van der Waals surface area contributed by atoms with Crippen LogP contribution in [0.3, 0.4) is 0 Å². The number of nitrogens with zero attached hydrogens (tertiary/aromatic N) is 3. The smallest absolute Gasteiger partial charge is 0.230 e. The Morgan fingerprint density at radius 2 is 2.29 bits per heavy atom. The second-order valence-electron chi connectivity index (χ2n) is 5.06. The molecule has 5 nitrogen and oxygen atoms in total. The van der Waals surface area contributed by atoms with Gasteiger partial charge in [0.25, 0.3) is 0 Å². The maximum Gasteiger partial charge on any atom is 0.230 e. The van der Waals surface area contributed by atoms with E-state index in [1.165, 1.54) is 11.8 Å². The summed E-state index contributed by atoms with van der Waals surface area (Å²) in [4.78, 5) is 13.3. The van der Waals surface area contributed by atoms with E-state index in [4.69, 9.17) is 11.6 Å². The fraction of sp³-hybridized carbons (Fsp3) is 0.188. The average molecular weight is 379 g/mol. The van der Waals surface area contributed by atoms with E-state index in [0.29, 0.717) is 10.2 Å². The minimum atomic E-state index is -0.0402. The Labute approximate surface area is 153 Å². The van der Waals surface area contributed by atoms with Gasteiger partial charge in [0.05, 0.1) is 17.5 Å². The van der Waals surface area contributed by atoms with Gasteiger partial charge in [-0.15, -0.1) is 21.5 Å². The molecule has 0 aliphatic rings. The number of carbonyl (C=O) groups is 1. The number of thioether (sulfide) groups is 1. The molecule has 2 aromatic heterocycles. The molecule has 1 amide bonds. The van der Waals surface area contributed by atoms with Crippen LogP contribution in [0.1, 0.15) is 17.8 Å². The van der Waals surface area contributed by atoms with Crippen LogP contribution in [0.15, 0.2) is 53.3 Å². The molecule has 0 fully saturated rings. The zero-order valence-electron chi connectivity index (χ0n) is 12.8. The lowest BCUT2D eigenvalue weighted by molar-refractivity contribution is -0.119. The first-order valence-corrected chi connectivity index (χ1v) is 9.49.